The van der Waals surface area contributed by atoms with Crippen molar-refractivity contribution in [1.29, 1.82) is 0 Å². The number of ether oxygens (including phenoxy) is 1. The number of carbonyl (C=O) groups excluding carboxylic acids is 1. The number of fused-ring (bicyclic) bond motifs is 1. The molecule has 0 spiro atoms. The summed E-state index contributed by atoms with van der Waals surface area (Å²) in [6.45, 7) is 4.97. The molecule has 0 bridgehead atoms. The number of aryl methyl sites for hydroxylation is 1. The van der Waals surface area contributed by atoms with E-state index in [4.69, 9.17) is 4.74 Å². The molecule has 0 saturated carbocycles. The number of nitrogens with zero attached hydrogens (tertiary/aromatic N) is 1. The molecule has 4 nitrogen and oxygen atoms in total. The Labute approximate surface area is 141 Å². The average Bonchev–Trinajstić information content (AvgIpc) is 2.60. The molecule has 122 valence electrons. The minimum Gasteiger partial charge on any atom is -0.494 e. The van der Waals surface area contributed by atoms with Crippen LogP contribution in [0.25, 0.3) is 10.9 Å². The van der Waals surface area contributed by atoms with Gasteiger partial charge in [-0.1, -0.05) is 30.3 Å². The first-order valence-electron chi connectivity index (χ1n) is 8.03. The Bertz CT molecular complexity index is 857. The highest BCUT2D eigenvalue weighted by Crippen LogP contribution is 2.18. The summed E-state index contributed by atoms with van der Waals surface area (Å²) in [5, 5.41) is 3.85. The Morgan fingerprint density at radius 3 is 2.62 bits per heavy atom. The van der Waals surface area contributed by atoms with Gasteiger partial charge in [-0.15, -0.1) is 0 Å². The van der Waals surface area contributed by atoms with Crippen LogP contribution >= 0.6 is 0 Å². The first-order chi connectivity index (χ1) is 11.7. The highest BCUT2D eigenvalue weighted by atomic mass is 16.5. The van der Waals surface area contributed by atoms with E-state index in [1.54, 1.807) is 0 Å². The Hall–Kier alpha value is -2.88. The number of nitrogens with one attached hydrogen (secondary N) is 1. The van der Waals surface area contributed by atoms with Gasteiger partial charge in [0, 0.05) is 17.6 Å². The maximum absolute atomic E-state index is 12.6. The van der Waals surface area contributed by atoms with E-state index in [0.717, 1.165) is 27.9 Å². The van der Waals surface area contributed by atoms with Crippen LogP contribution in [-0.4, -0.2) is 17.5 Å². The Morgan fingerprint density at radius 2 is 1.88 bits per heavy atom. The monoisotopic (exact) mass is 320 g/mol. The number of hydrogen-bond donors (Lipinski definition) is 1. The van der Waals surface area contributed by atoms with Crippen molar-refractivity contribution in [3.63, 3.8) is 0 Å². The lowest BCUT2D eigenvalue weighted by Gasteiger charge is -2.10. The molecular formula is C20H20N2O2. The van der Waals surface area contributed by atoms with Gasteiger partial charge in [0.2, 0.25) is 0 Å². The lowest BCUT2D eigenvalue weighted by molar-refractivity contribution is 0.0952. The van der Waals surface area contributed by atoms with Gasteiger partial charge in [0.05, 0.1) is 17.7 Å². The normalized spacial score (nSPS) is 10.6. The van der Waals surface area contributed by atoms with Crippen LogP contribution in [0.1, 0.15) is 28.5 Å². The zero-order valence-electron chi connectivity index (χ0n) is 13.9. The largest absolute Gasteiger partial charge is 0.494 e. The van der Waals surface area contributed by atoms with Gasteiger partial charge < -0.3 is 10.1 Å². The molecule has 0 aliphatic carbocycles. The van der Waals surface area contributed by atoms with Crippen molar-refractivity contribution in [3.05, 3.63) is 71.4 Å². The van der Waals surface area contributed by atoms with Crippen molar-refractivity contribution in [2.75, 3.05) is 6.61 Å². The van der Waals surface area contributed by atoms with Crippen LogP contribution in [0.4, 0.5) is 0 Å². The SMILES string of the molecule is CCOc1ccc(CNC(=O)c2cc(C)nc3ccccc23)cc1. The first-order valence-corrected chi connectivity index (χ1v) is 8.03. The fraction of sp³-hybridized carbons (Fsp3) is 0.200. The number of rotatable bonds is 5. The Balaban J connectivity index is 1.75. The molecule has 0 saturated heterocycles. The third-order valence-electron chi connectivity index (χ3n) is 3.78. The molecule has 3 aromatic rings. The maximum Gasteiger partial charge on any atom is 0.252 e. The van der Waals surface area contributed by atoms with E-state index in [0.29, 0.717) is 18.7 Å². The molecule has 24 heavy (non-hydrogen) atoms. The molecule has 4 heteroatoms. The topological polar surface area (TPSA) is 51.2 Å². The predicted octanol–water partition coefficient (Wildman–Crippen LogP) is 3.87. The Kier molecular flexibility index (Phi) is 4.75. The Morgan fingerprint density at radius 1 is 1.12 bits per heavy atom. The van der Waals surface area contributed by atoms with Gasteiger partial charge in [0.15, 0.2) is 0 Å². The summed E-state index contributed by atoms with van der Waals surface area (Å²) < 4.78 is 5.42. The van der Waals surface area contributed by atoms with E-state index >= 15 is 0 Å². The zero-order valence-corrected chi connectivity index (χ0v) is 13.9. The van der Waals surface area contributed by atoms with Crippen LogP contribution in [-0.2, 0) is 6.54 Å². The number of benzene rings is 2. The van der Waals surface area contributed by atoms with Gasteiger partial charge in [0.1, 0.15) is 5.75 Å². The first kappa shape index (κ1) is 16.0. The van der Waals surface area contributed by atoms with Gasteiger partial charge in [0.25, 0.3) is 5.91 Å². The minimum absolute atomic E-state index is 0.0921. The van der Waals surface area contributed by atoms with Crippen LogP contribution in [0, 0.1) is 6.92 Å². The summed E-state index contributed by atoms with van der Waals surface area (Å²) >= 11 is 0. The zero-order chi connectivity index (χ0) is 16.9. The van der Waals surface area contributed by atoms with E-state index in [2.05, 4.69) is 10.3 Å². The summed E-state index contributed by atoms with van der Waals surface area (Å²) in [6.07, 6.45) is 0. The molecule has 0 fully saturated rings. The lowest BCUT2D eigenvalue weighted by Crippen LogP contribution is -2.23. The van der Waals surface area contributed by atoms with E-state index in [9.17, 15) is 4.79 Å². The number of carbonyl (C=O) groups is 1. The fourth-order valence-electron chi connectivity index (χ4n) is 2.64. The molecule has 0 aliphatic rings. The van der Waals surface area contributed by atoms with Gasteiger partial charge in [-0.05, 0) is 43.7 Å². The molecule has 0 radical (unpaired) electrons. The molecular weight excluding hydrogens is 300 g/mol. The van der Waals surface area contributed by atoms with Crippen molar-refractivity contribution in [2.24, 2.45) is 0 Å². The summed E-state index contributed by atoms with van der Waals surface area (Å²) in [4.78, 5) is 17.1. The van der Waals surface area contributed by atoms with Gasteiger partial charge in [-0.25, -0.2) is 0 Å². The smallest absolute Gasteiger partial charge is 0.252 e. The molecule has 1 aromatic heterocycles. The molecule has 0 aliphatic heterocycles. The van der Waals surface area contributed by atoms with Crippen LogP contribution in [0.15, 0.2) is 54.6 Å². The van der Waals surface area contributed by atoms with E-state index in [1.165, 1.54) is 0 Å². The predicted molar refractivity (Wildman–Crippen MR) is 95.3 cm³/mol. The molecule has 0 atom stereocenters. The molecule has 1 N–H and O–H groups in total. The van der Waals surface area contributed by atoms with Gasteiger partial charge >= 0.3 is 0 Å². The number of pyridine rings is 1. The lowest BCUT2D eigenvalue weighted by atomic mass is 10.1. The third-order valence-corrected chi connectivity index (χ3v) is 3.78. The van der Waals surface area contributed by atoms with E-state index < -0.39 is 0 Å². The van der Waals surface area contributed by atoms with E-state index in [1.807, 2.05) is 68.4 Å². The van der Waals surface area contributed by atoms with Crippen molar-refractivity contribution in [1.82, 2.24) is 10.3 Å². The molecule has 1 amide bonds. The van der Waals surface area contributed by atoms with Crippen molar-refractivity contribution in [2.45, 2.75) is 20.4 Å². The summed E-state index contributed by atoms with van der Waals surface area (Å²) in [7, 11) is 0. The molecule has 3 rings (SSSR count). The highest BCUT2D eigenvalue weighted by molar-refractivity contribution is 6.06. The van der Waals surface area contributed by atoms with Crippen LogP contribution < -0.4 is 10.1 Å². The standard InChI is InChI=1S/C20H20N2O2/c1-3-24-16-10-8-15(9-11-16)13-21-20(23)18-12-14(2)22-19-7-5-4-6-17(18)19/h4-12H,3,13H2,1-2H3,(H,21,23). The number of aromatic nitrogens is 1. The van der Waals surface area contributed by atoms with Crippen molar-refractivity contribution in [3.8, 4) is 5.75 Å². The number of para-hydroxylation sites is 1. The molecule has 2 aromatic carbocycles. The van der Waals surface area contributed by atoms with Crippen molar-refractivity contribution < 1.29 is 9.53 Å². The number of amides is 1. The van der Waals surface area contributed by atoms with E-state index in [-0.39, 0.29) is 5.91 Å². The van der Waals surface area contributed by atoms with Crippen LogP contribution in [0.5, 0.6) is 5.75 Å². The summed E-state index contributed by atoms with van der Waals surface area (Å²) in [5.41, 5.74) is 3.36. The van der Waals surface area contributed by atoms with Gasteiger partial charge in [-0.3, -0.25) is 9.78 Å². The second-order valence-electron chi connectivity index (χ2n) is 5.59. The van der Waals surface area contributed by atoms with Crippen molar-refractivity contribution >= 4 is 16.8 Å². The number of hydrogen-bond acceptors (Lipinski definition) is 3. The van der Waals surface area contributed by atoms with Crippen LogP contribution in [0.2, 0.25) is 0 Å². The third kappa shape index (κ3) is 3.54. The molecule has 0 unspecified atom stereocenters. The highest BCUT2D eigenvalue weighted by Gasteiger charge is 2.11. The molecule has 1 heterocycles. The summed E-state index contributed by atoms with van der Waals surface area (Å²) in [5.74, 6) is 0.744. The van der Waals surface area contributed by atoms with Crippen LogP contribution in [0.3, 0.4) is 0 Å². The van der Waals surface area contributed by atoms with Gasteiger partial charge in [-0.2, -0.15) is 0 Å². The second-order valence-corrected chi connectivity index (χ2v) is 5.59. The fourth-order valence-corrected chi connectivity index (χ4v) is 2.64. The minimum atomic E-state index is -0.0921. The summed E-state index contributed by atoms with van der Waals surface area (Å²) in [6, 6.07) is 17.3. The average molecular weight is 320 g/mol. The second kappa shape index (κ2) is 7.13. The maximum atomic E-state index is 12.6. The quantitative estimate of drug-likeness (QED) is 0.776.